The summed E-state index contributed by atoms with van der Waals surface area (Å²) in [7, 11) is 1.81. The first kappa shape index (κ1) is 19.2. The van der Waals surface area contributed by atoms with E-state index in [2.05, 4.69) is 62.6 Å². The molecule has 0 radical (unpaired) electrons. The Labute approximate surface area is 171 Å². The van der Waals surface area contributed by atoms with Crippen molar-refractivity contribution >= 4 is 5.96 Å². The highest BCUT2D eigenvalue weighted by atomic mass is 15.3. The smallest absolute Gasteiger partial charge is 0.191 e. The summed E-state index contributed by atoms with van der Waals surface area (Å²) in [6.07, 6.45) is 8.50. The molecule has 1 aromatic carbocycles. The Morgan fingerprint density at radius 3 is 3.00 bits per heavy atom. The number of rotatable bonds is 5. The van der Waals surface area contributed by atoms with Gasteiger partial charge in [-0.15, -0.1) is 0 Å². The number of aryl methyl sites for hydroxylation is 1. The van der Waals surface area contributed by atoms with Gasteiger partial charge in [-0.05, 0) is 49.9 Å². The van der Waals surface area contributed by atoms with Gasteiger partial charge < -0.3 is 10.6 Å². The summed E-state index contributed by atoms with van der Waals surface area (Å²) in [6.45, 7) is 5.01. The molecule has 0 saturated heterocycles. The van der Waals surface area contributed by atoms with Crippen LogP contribution < -0.4 is 10.6 Å². The summed E-state index contributed by atoms with van der Waals surface area (Å²) in [6, 6.07) is 8.96. The van der Waals surface area contributed by atoms with Crippen LogP contribution in [0, 0.1) is 0 Å². The molecule has 0 fully saturated rings. The summed E-state index contributed by atoms with van der Waals surface area (Å²) >= 11 is 0. The van der Waals surface area contributed by atoms with Crippen molar-refractivity contribution in [1.82, 2.24) is 35.2 Å². The molecule has 1 atom stereocenters. The van der Waals surface area contributed by atoms with Crippen LogP contribution in [0.1, 0.15) is 43.1 Å². The van der Waals surface area contributed by atoms with Crippen LogP contribution in [0.25, 0.3) is 5.69 Å². The predicted octanol–water partition coefficient (Wildman–Crippen LogP) is 2.27. The third kappa shape index (κ3) is 4.47. The van der Waals surface area contributed by atoms with Crippen molar-refractivity contribution in [2.75, 3.05) is 7.05 Å². The molecule has 8 nitrogen and oxygen atoms in total. The van der Waals surface area contributed by atoms with Gasteiger partial charge >= 0.3 is 0 Å². The van der Waals surface area contributed by atoms with E-state index in [-0.39, 0.29) is 0 Å². The molecular formula is C21H28N8. The Balaban J connectivity index is 1.35. The molecule has 0 amide bonds. The quantitative estimate of drug-likeness (QED) is 0.514. The van der Waals surface area contributed by atoms with Gasteiger partial charge in [0.15, 0.2) is 5.96 Å². The minimum Gasteiger partial charge on any atom is -0.353 e. The SMILES string of the molecule is CN=C(NCc1cccc(-n2cncn2)c1)NC1CCc2cn(C(C)C)nc2C1. The molecule has 8 heteroatoms. The molecule has 1 unspecified atom stereocenters. The minimum atomic E-state index is 0.339. The maximum Gasteiger partial charge on any atom is 0.191 e. The molecule has 29 heavy (non-hydrogen) atoms. The summed E-state index contributed by atoms with van der Waals surface area (Å²) in [5.74, 6) is 0.813. The number of aromatic nitrogens is 5. The molecule has 2 N–H and O–H groups in total. The standard InChI is InChI=1S/C21H28N8/c1-15(2)28-12-17-7-8-18(10-20(17)27-28)26-21(22-3)24-11-16-5-4-6-19(9-16)29-14-23-13-25-29/h4-6,9,12-15,18H,7-8,10-11H2,1-3H3,(H2,22,24,26). The van der Waals surface area contributed by atoms with Crippen molar-refractivity contribution in [3.63, 3.8) is 0 Å². The largest absolute Gasteiger partial charge is 0.353 e. The Morgan fingerprint density at radius 2 is 2.24 bits per heavy atom. The Kier molecular flexibility index (Phi) is 5.59. The first-order chi connectivity index (χ1) is 14.1. The number of aliphatic imine (C=N–C) groups is 1. The molecule has 2 heterocycles. The zero-order chi connectivity index (χ0) is 20.2. The first-order valence-electron chi connectivity index (χ1n) is 10.1. The third-order valence-electron chi connectivity index (χ3n) is 5.24. The first-order valence-corrected chi connectivity index (χ1v) is 10.1. The number of hydrogen-bond donors (Lipinski definition) is 2. The second-order valence-corrected chi connectivity index (χ2v) is 7.69. The highest BCUT2D eigenvalue weighted by Crippen LogP contribution is 2.21. The molecule has 1 aliphatic rings. The lowest BCUT2D eigenvalue weighted by Gasteiger charge is -2.24. The van der Waals surface area contributed by atoms with Crippen LogP contribution in [-0.2, 0) is 19.4 Å². The average Bonchev–Trinajstić information content (AvgIpc) is 3.41. The molecule has 152 valence electrons. The maximum absolute atomic E-state index is 4.76. The Morgan fingerprint density at radius 1 is 1.34 bits per heavy atom. The van der Waals surface area contributed by atoms with Gasteiger partial charge in [-0.3, -0.25) is 9.67 Å². The van der Waals surface area contributed by atoms with Crippen molar-refractivity contribution in [3.8, 4) is 5.69 Å². The number of fused-ring (bicyclic) bond motifs is 1. The van der Waals surface area contributed by atoms with Crippen LogP contribution >= 0.6 is 0 Å². The summed E-state index contributed by atoms with van der Waals surface area (Å²) in [5.41, 5.74) is 4.73. The van der Waals surface area contributed by atoms with Crippen LogP contribution in [-0.4, -0.2) is 43.6 Å². The van der Waals surface area contributed by atoms with E-state index in [1.165, 1.54) is 17.6 Å². The van der Waals surface area contributed by atoms with E-state index in [9.17, 15) is 0 Å². The number of nitrogens with one attached hydrogen (secondary N) is 2. The van der Waals surface area contributed by atoms with E-state index in [1.54, 1.807) is 11.0 Å². The lowest BCUT2D eigenvalue weighted by molar-refractivity contribution is 0.499. The monoisotopic (exact) mass is 392 g/mol. The van der Waals surface area contributed by atoms with E-state index in [1.807, 2.05) is 19.2 Å². The van der Waals surface area contributed by atoms with E-state index < -0.39 is 0 Å². The topological polar surface area (TPSA) is 85.0 Å². The predicted molar refractivity (Wildman–Crippen MR) is 113 cm³/mol. The second-order valence-electron chi connectivity index (χ2n) is 7.69. The third-order valence-corrected chi connectivity index (χ3v) is 5.24. The number of hydrogen-bond acceptors (Lipinski definition) is 4. The van der Waals surface area contributed by atoms with Crippen LogP contribution in [0.15, 0.2) is 48.1 Å². The molecular weight excluding hydrogens is 364 g/mol. The van der Waals surface area contributed by atoms with Crippen LogP contribution in [0.3, 0.4) is 0 Å². The highest BCUT2D eigenvalue weighted by Gasteiger charge is 2.23. The molecule has 0 aliphatic heterocycles. The van der Waals surface area contributed by atoms with Crippen molar-refractivity contribution in [2.45, 2.75) is 51.7 Å². The summed E-state index contributed by atoms with van der Waals surface area (Å²) < 4.78 is 3.83. The van der Waals surface area contributed by atoms with Gasteiger partial charge in [0.1, 0.15) is 12.7 Å². The molecule has 0 spiro atoms. The minimum absolute atomic E-state index is 0.339. The van der Waals surface area contributed by atoms with Crippen LogP contribution in [0.2, 0.25) is 0 Å². The molecule has 3 aromatic rings. The van der Waals surface area contributed by atoms with E-state index >= 15 is 0 Å². The fourth-order valence-electron chi connectivity index (χ4n) is 3.62. The van der Waals surface area contributed by atoms with Crippen LogP contribution in [0.4, 0.5) is 0 Å². The van der Waals surface area contributed by atoms with Crippen molar-refractivity contribution in [3.05, 3.63) is 59.9 Å². The van der Waals surface area contributed by atoms with Crippen molar-refractivity contribution < 1.29 is 0 Å². The van der Waals surface area contributed by atoms with Crippen LogP contribution in [0.5, 0.6) is 0 Å². The summed E-state index contributed by atoms with van der Waals surface area (Å²) in [4.78, 5) is 8.41. The Hall–Kier alpha value is -3.16. The highest BCUT2D eigenvalue weighted by molar-refractivity contribution is 5.80. The second kappa shape index (κ2) is 8.46. The fraction of sp³-hybridized carbons (Fsp3) is 0.429. The lowest BCUT2D eigenvalue weighted by Crippen LogP contribution is -2.45. The van der Waals surface area contributed by atoms with Gasteiger partial charge in [-0.25, -0.2) is 9.67 Å². The van der Waals surface area contributed by atoms with Gasteiger partial charge in [0.25, 0.3) is 0 Å². The van der Waals surface area contributed by atoms with Gasteiger partial charge in [-0.1, -0.05) is 12.1 Å². The molecule has 2 aromatic heterocycles. The van der Waals surface area contributed by atoms with Gasteiger partial charge in [0.05, 0.1) is 11.4 Å². The molecule has 1 aliphatic carbocycles. The zero-order valence-electron chi connectivity index (χ0n) is 17.2. The van der Waals surface area contributed by atoms with Crippen molar-refractivity contribution in [2.24, 2.45) is 4.99 Å². The lowest BCUT2D eigenvalue weighted by atomic mass is 9.94. The average molecular weight is 393 g/mol. The molecule has 4 rings (SSSR count). The molecule has 0 saturated carbocycles. The Bertz CT molecular complexity index is 970. The summed E-state index contributed by atoms with van der Waals surface area (Å²) in [5, 5.41) is 15.9. The number of benzene rings is 1. The fourth-order valence-corrected chi connectivity index (χ4v) is 3.62. The number of guanidine groups is 1. The van der Waals surface area contributed by atoms with E-state index in [4.69, 9.17) is 5.10 Å². The molecule has 0 bridgehead atoms. The number of nitrogens with zero attached hydrogens (tertiary/aromatic N) is 6. The zero-order valence-corrected chi connectivity index (χ0v) is 17.2. The maximum atomic E-state index is 4.76. The van der Waals surface area contributed by atoms with Gasteiger partial charge in [0.2, 0.25) is 0 Å². The van der Waals surface area contributed by atoms with Crippen molar-refractivity contribution in [1.29, 1.82) is 0 Å². The van der Waals surface area contributed by atoms with E-state index in [0.717, 1.165) is 36.5 Å². The van der Waals surface area contributed by atoms with E-state index in [0.29, 0.717) is 18.6 Å². The van der Waals surface area contributed by atoms with Gasteiger partial charge in [-0.2, -0.15) is 10.2 Å². The van der Waals surface area contributed by atoms with Gasteiger partial charge in [0, 0.05) is 38.3 Å². The normalized spacial score (nSPS) is 16.7.